The van der Waals surface area contributed by atoms with E-state index in [1.807, 2.05) is 18.2 Å². The molecular weight excluding hydrogens is 370 g/mol. The van der Waals surface area contributed by atoms with Gasteiger partial charge in [-0.15, -0.1) is 0 Å². The van der Waals surface area contributed by atoms with Gasteiger partial charge in [0.15, 0.2) is 6.10 Å². The molecule has 0 aliphatic carbocycles. The Kier molecular flexibility index (Phi) is 7.08. The van der Waals surface area contributed by atoms with Gasteiger partial charge in [0, 0.05) is 44.1 Å². The topological polar surface area (TPSA) is 82.1 Å². The zero-order chi connectivity index (χ0) is 20.6. The number of carbonyl (C=O) groups excluding carboxylic acids is 2. The van der Waals surface area contributed by atoms with Crippen molar-refractivity contribution in [2.75, 3.05) is 49.5 Å². The number of aliphatic hydroxyl groups is 1. The van der Waals surface area contributed by atoms with E-state index in [1.165, 1.54) is 0 Å². The van der Waals surface area contributed by atoms with Gasteiger partial charge in [-0.1, -0.05) is 30.3 Å². The molecule has 1 unspecified atom stereocenters. The van der Waals surface area contributed by atoms with Gasteiger partial charge in [0.2, 0.25) is 0 Å². The van der Waals surface area contributed by atoms with Gasteiger partial charge >= 0.3 is 5.97 Å². The van der Waals surface area contributed by atoms with Crippen LogP contribution in [-0.2, 0) is 9.53 Å². The lowest BCUT2D eigenvalue weighted by atomic mass is 10.1. The van der Waals surface area contributed by atoms with E-state index in [2.05, 4.69) is 22.3 Å². The SMILES string of the molecule is CC(OC(=O)c1ccccc1NCCO)C(=O)N1CCN(c2ccccc2)CC1. The Bertz CT molecular complexity index is 820. The highest BCUT2D eigenvalue weighted by Gasteiger charge is 2.28. The number of aliphatic hydroxyl groups excluding tert-OH is 1. The minimum absolute atomic E-state index is 0.0484. The predicted octanol–water partition coefficient (Wildman–Crippen LogP) is 1.98. The van der Waals surface area contributed by atoms with Crippen molar-refractivity contribution in [3.05, 3.63) is 60.2 Å². The van der Waals surface area contributed by atoms with Crippen LogP contribution < -0.4 is 10.2 Å². The van der Waals surface area contributed by atoms with Crippen LogP contribution in [0, 0.1) is 0 Å². The van der Waals surface area contributed by atoms with Crippen molar-refractivity contribution in [2.45, 2.75) is 13.0 Å². The van der Waals surface area contributed by atoms with Crippen LogP contribution in [0.3, 0.4) is 0 Å². The minimum Gasteiger partial charge on any atom is -0.449 e. The molecule has 0 radical (unpaired) electrons. The lowest BCUT2D eigenvalue weighted by Gasteiger charge is -2.37. The van der Waals surface area contributed by atoms with Crippen LogP contribution in [0.15, 0.2) is 54.6 Å². The summed E-state index contributed by atoms with van der Waals surface area (Å²) in [5.74, 6) is -0.748. The van der Waals surface area contributed by atoms with Crippen LogP contribution >= 0.6 is 0 Å². The van der Waals surface area contributed by atoms with Gasteiger partial charge in [-0.3, -0.25) is 4.79 Å². The smallest absolute Gasteiger partial charge is 0.341 e. The summed E-state index contributed by atoms with van der Waals surface area (Å²) in [5, 5.41) is 12.0. The number of carbonyl (C=O) groups is 2. The van der Waals surface area contributed by atoms with Crippen LogP contribution in [0.2, 0.25) is 0 Å². The second-order valence-electron chi connectivity index (χ2n) is 6.89. The first-order valence-electron chi connectivity index (χ1n) is 9.83. The van der Waals surface area contributed by atoms with Crippen LogP contribution in [0.5, 0.6) is 0 Å². The number of hydrogen-bond acceptors (Lipinski definition) is 6. The summed E-state index contributed by atoms with van der Waals surface area (Å²) < 4.78 is 5.44. The number of nitrogens with zero attached hydrogens (tertiary/aromatic N) is 2. The number of amides is 1. The number of hydrogen-bond donors (Lipinski definition) is 2. The average Bonchev–Trinajstić information content (AvgIpc) is 2.78. The molecule has 1 atom stereocenters. The Labute approximate surface area is 170 Å². The maximum atomic E-state index is 12.7. The summed E-state index contributed by atoms with van der Waals surface area (Å²) in [6, 6.07) is 17.0. The molecule has 154 valence electrons. The van der Waals surface area contributed by atoms with E-state index in [-0.39, 0.29) is 12.5 Å². The Hall–Kier alpha value is -3.06. The van der Waals surface area contributed by atoms with Crippen molar-refractivity contribution < 1.29 is 19.4 Å². The van der Waals surface area contributed by atoms with Crippen molar-refractivity contribution in [1.29, 1.82) is 0 Å². The molecular formula is C22H27N3O4. The third-order valence-electron chi connectivity index (χ3n) is 4.92. The van der Waals surface area contributed by atoms with Gasteiger partial charge in [0.25, 0.3) is 5.91 Å². The highest BCUT2D eigenvalue weighted by atomic mass is 16.5. The third-order valence-corrected chi connectivity index (χ3v) is 4.92. The number of anilines is 2. The molecule has 29 heavy (non-hydrogen) atoms. The zero-order valence-corrected chi connectivity index (χ0v) is 16.6. The molecule has 0 bridgehead atoms. The van der Waals surface area contributed by atoms with E-state index in [9.17, 15) is 9.59 Å². The van der Waals surface area contributed by atoms with E-state index in [0.29, 0.717) is 30.9 Å². The number of para-hydroxylation sites is 2. The summed E-state index contributed by atoms with van der Waals surface area (Å²) in [4.78, 5) is 29.3. The molecule has 1 heterocycles. The predicted molar refractivity (Wildman–Crippen MR) is 112 cm³/mol. The Morgan fingerprint density at radius 3 is 2.38 bits per heavy atom. The lowest BCUT2D eigenvalue weighted by molar-refractivity contribution is -0.140. The summed E-state index contributed by atoms with van der Waals surface area (Å²) in [7, 11) is 0. The fourth-order valence-corrected chi connectivity index (χ4v) is 3.36. The summed E-state index contributed by atoms with van der Waals surface area (Å²) in [6.45, 7) is 4.54. The number of ether oxygens (including phenoxy) is 1. The van der Waals surface area contributed by atoms with Crippen LogP contribution in [0.1, 0.15) is 17.3 Å². The first-order chi connectivity index (χ1) is 14.1. The van der Waals surface area contributed by atoms with Gasteiger partial charge < -0.3 is 25.0 Å². The molecule has 7 heteroatoms. The molecule has 2 aromatic rings. The number of esters is 1. The van der Waals surface area contributed by atoms with E-state index >= 15 is 0 Å². The highest BCUT2D eigenvalue weighted by Crippen LogP contribution is 2.19. The van der Waals surface area contributed by atoms with Crippen LogP contribution in [-0.4, -0.2) is 67.3 Å². The minimum atomic E-state index is -0.864. The van der Waals surface area contributed by atoms with Crippen molar-refractivity contribution in [3.63, 3.8) is 0 Å². The first kappa shape index (κ1) is 20.7. The number of nitrogens with one attached hydrogen (secondary N) is 1. The van der Waals surface area contributed by atoms with E-state index < -0.39 is 12.1 Å². The number of piperazine rings is 1. The molecule has 0 saturated carbocycles. The quantitative estimate of drug-likeness (QED) is 0.696. The van der Waals surface area contributed by atoms with Gasteiger partial charge in [0.05, 0.1) is 12.2 Å². The molecule has 1 amide bonds. The van der Waals surface area contributed by atoms with Crippen LogP contribution in [0.25, 0.3) is 0 Å². The van der Waals surface area contributed by atoms with Gasteiger partial charge in [-0.05, 0) is 31.2 Å². The largest absolute Gasteiger partial charge is 0.449 e. The average molecular weight is 397 g/mol. The number of rotatable bonds is 7. The van der Waals surface area contributed by atoms with Gasteiger partial charge in [-0.2, -0.15) is 0 Å². The van der Waals surface area contributed by atoms with E-state index in [1.54, 1.807) is 36.1 Å². The molecule has 7 nitrogen and oxygen atoms in total. The molecule has 0 aromatic heterocycles. The third kappa shape index (κ3) is 5.26. The van der Waals surface area contributed by atoms with Crippen molar-refractivity contribution in [1.82, 2.24) is 4.90 Å². The molecule has 3 rings (SSSR count). The highest BCUT2D eigenvalue weighted by molar-refractivity contribution is 5.97. The molecule has 2 aromatic carbocycles. The first-order valence-corrected chi connectivity index (χ1v) is 9.83. The fourth-order valence-electron chi connectivity index (χ4n) is 3.36. The standard InChI is InChI=1S/C22H27N3O4/c1-17(29-22(28)19-9-5-6-10-20(19)23-11-16-26)21(27)25-14-12-24(13-15-25)18-7-3-2-4-8-18/h2-10,17,23,26H,11-16H2,1H3. The monoisotopic (exact) mass is 397 g/mol. The van der Waals surface area contributed by atoms with Gasteiger partial charge in [-0.25, -0.2) is 4.79 Å². The van der Waals surface area contributed by atoms with Crippen molar-refractivity contribution >= 4 is 23.3 Å². The summed E-state index contributed by atoms with van der Waals surface area (Å²) >= 11 is 0. The molecule has 1 aliphatic rings. The van der Waals surface area contributed by atoms with Crippen molar-refractivity contribution in [3.8, 4) is 0 Å². The zero-order valence-electron chi connectivity index (χ0n) is 16.6. The maximum Gasteiger partial charge on any atom is 0.341 e. The lowest BCUT2D eigenvalue weighted by Crippen LogP contribution is -2.51. The fraction of sp³-hybridized carbons (Fsp3) is 0.364. The molecule has 2 N–H and O–H groups in total. The van der Waals surface area contributed by atoms with Crippen molar-refractivity contribution in [2.24, 2.45) is 0 Å². The second-order valence-corrected chi connectivity index (χ2v) is 6.89. The summed E-state index contributed by atoms with van der Waals surface area (Å²) in [5.41, 5.74) is 2.06. The van der Waals surface area contributed by atoms with E-state index in [0.717, 1.165) is 18.8 Å². The Morgan fingerprint density at radius 1 is 1.03 bits per heavy atom. The maximum absolute atomic E-state index is 12.7. The molecule has 1 fully saturated rings. The van der Waals surface area contributed by atoms with Gasteiger partial charge in [0.1, 0.15) is 0 Å². The number of benzene rings is 2. The van der Waals surface area contributed by atoms with Crippen LogP contribution in [0.4, 0.5) is 11.4 Å². The molecule has 1 aliphatic heterocycles. The van der Waals surface area contributed by atoms with E-state index in [4.69, 9.17) is 9.84 Å². The summed E-state index contributed by atoms with van der Waals surface area (Å²) in [6.07, 6.45) is -0.864. The Balaban J connectivity index is 1.55. The normalized spacial score (nSPS) is 15.0. The molecule has 1 saturated heterocycles. The Morgan fingerprint density at radius 2 is 1.69 bits per heavy atom. The molecule has 0 spiro atoms. The second kappa shape index (κ2) is 9.93.